The fraction of sp³-hybridized carbons (Fsp3) is 0.923. The molecule has 0 radical (unpaired) electrons. The summed E-state index contributed by atoms with van der Waals surface area (Å²) in [6.45, 7) is 13.9. The SMILES string of the molecule is CCCCC[Si](C)(C)N=C(N(C)C)N(C)C.CCC[Si](CCC)(CCC)N=C(N(C)C)N(C)C. The van der Waals surface area contributed by atoms with Gasteiger partial charge in [-0.15, -0.1) is 0 Å². The van der Waals surface area contributed by atoms with Crippen molar-refractivity contribution in [1.82, 2.24) is 19.6 Å². The molecule has 8 heteroatoms. The average molecular weight is 515 g/mol. The first-order valence-corrected chi connectivity index (χ1v) is 19.3. The minimum atomic E-state index is -1.48. The smallest absolute Gasteiger partial charge is 0.186 e. The van der Waals surface area contributed by atoms with Gasteiger partial charge in [0.2, 0.25) is 0 Å². The van der Waals surface area contributed by atoms with E-state index in [-0.39, 0.29) is 0 Å². The minimum absolute atomic E-state index is 1.10. The molecule has 6 nitrogen and oxygen atoms in total. The Hall–Kier alpha value is -1.03. The Kier molecular flexibility index (Phi) is 18.9. The fourth-order valence-electron chi connectivity index (χ4n) is 4.49. The molecule has 0 saturated carbocycles. The van der Waals surface area contributed by atoms with E-state index in [1.165, 1.54) is 62.7 Å². The summed E-state index contributed by atoms with van der Waals surface area (Å²) < 4.78 is 10.3. The van der Waals surface area contributed by atoms with Crippen molar-refractivity contribution in [2.45, 2.75) is 103 Å². The zero-order valence-corrected chi connectivity index (χ0v) is 27.8. The molecule has 0 aliphatic carbocycles. The molecular weight excluding hydrogens is 453 g/mol. The van der Waals surface area contributed by atoms with Crippen molar-refractivity contribution in [1.29, 1.82) is 0 Å². The maximum atomic E-state index is 5.28. The predicted octanol–water partition coefficient (Wildman–Crippen LogP) is 6.50. The van der Waals surface area contributed by atoms with Crippen molar-refractivity contribution >= 4 is 28.4 Å². The van der Waals surface area contributed by atoms with Gasteiger partial charge in [-0.3, -0.25) is 9.32 Å². The highest BCUT2D eigenvalue weighted by Crippen LogP contribution is 2.28. The Labute approximate surface area is 217 Å². The van der Waals surface area contributed by atoms with Crippen LogP contribution in [0, 0.1) is 0 Å². The molecule has 0 fully saturated rings. The molecular formula is C26H62N6Si2. The summed E-state index contributed by atoms with van der Waals surface area (Å²) in [6, 6.07) is 5.30. The molecule has 0 N–H and O–H groups in total. The van der Waals surface area contributed by atoms with E-state index >= 15 is 0 Å². The summed E-state index contributed by atoms with van der Waals surface area (Å²) in [5.41, 5.74) is 0. The second-order valence-corrected chi connectivity index (χ2v) is 19.7. The lowest BCUT2D eigenvalue weighted by Gasteiger charge is -2.32. The highest BCUT2D eigenvalue weighted by Gasteiger charge is 2.31. The first-order chi connectivity index (χ1) is 15.7. The van der Waals surface area contributed by atoms with Crippen molar-refractivity contribution in [3.05, 3.63) is 0 Å². The number of nitrogens with zero attached hydrogens (tertiary/aromatic N) is 6. The van der Waals surface area contributed by atoms with Gasteiger partial charge in [0.15, 0.2) is 28.4 Å². The molecule has 0 spiro atoms. The van der Waals surface area contributed by atoms with Gasteiger partial charge < -0.3 is 19.6 Å². The molecule has 0 aromatic rings. The van der Waals surface area contributed by atoms with Gasteiger partial charge in [-0.05, 0) is 37.3 Å². The lowest BCUT2D eigenvalue weighted by atomic mass is 10.3. The second-order valence-electron chi connectivity index (χ2n) is 11.1. The van der Waals surface area contributed by atoms with Gasteiger partial charge in [0, 0.05) is 56.4 Å². The molecule has 0 aliphatic heterocycles. The molecule has 0 aromatic carbocycles. The third kappa shape index (κ3) is 15.1. The standard InChI is InChI=1S/C14H33N3Si.C12H29N3Si/c1-8-11-18(12-9-2,13-10-3)15-14(16(4)5)17(6)7;1-8-9-10-11-16(6,7)13-12(14(2)3)15(4)5/h8-13H2,1-7H3;8-11H2,1-7H3. The summed E-state index contributed by atoms with van der Waals surface area (Å²) in [5, 5.41) is 0. The van der Waals surface area contributed by atoms with Crippen LogP contribution in [0.2, 0.25) is 37.3 Å². The predicted molar refractivity (Wildman–Crippen MR) is 162 cm³/mol. The third-order valence-electron chi connectivity index (χ3n) is 5.88. The number of hydrogen-bond acceptors (Lipinski definition) is 2. The van der Waals surface area contributed by atoms with E-state index in [1.807, 2.05) is 0 Å². The minimum Gasteiger partial charge on any atom is -0.350 e. The average Bonchev–Trinajstić information content (AvgIpc) is 2.71. The second kappa shape index (κ2) is 18.3. The Morgan fingerprint density at radius 3 is 1.15 bits per heavy atom. The van der Waals surface area contributed by atoms with E-state index in [1.54, 1.807) is 0 Å². The van der Waals surface area contributed by atoms with Crippen molar-refractivity contribution < 1.29 is 0 Å². The number of rotatable bonds is 12. The maximum absolute atomic E-state index is 5.28. The van der Waals surface area contributed by atoms with Crippen LogP contribution in [0.15, 0.2) is 9.32 Å². The molecule has 0 atom stereocenters. The third-order valence-corrected chi connectivity index (χ3v) is 13.2. The molecule has 0 rings (SSSR count). The van der Waals surface area contributed by atoms with E-state index in [4.69, 9.17) is 9.32 Å². The van der Waals surface area contributed by atoms with Crippen LogP contribution in [0.1, 0.15) is 66.2 Å². The van der Waals surface area contributed by atoms with E-state index in [2.05, 4.69) is 117 Å². The maximum Gasteiger partial charge on any atom is 0.186 e. The van der Waals surface area contributed by atoms with Crippen LogP contribution >= 0.6 is 0 Å². The Balaban J connectivity index is 0. The van der Waals surface area contributed by atoms with E-state index in [9.17, 15) is 0 Å². The number of guanidine groups is 2. The summed E-state index contributed by atoms with van der Waals surface area (Å²) in [4.78, 5) is 8.52. The van der Waals surface area contributed by atoms with Gasteiger partial charge in [0.25, 0.3) is 0 Å². The Morgan fingerprint density at radius 2 is 0.853 bits per heavy atom. The van der Waals surface area contributed by atoms with E-state index in [0.29, 0.717) is 0 Å². The summed E-state index contributed by atoms with van der Waals surface area (Å²) in [6.07, 6.45) is 7.76. The first kappa shape index (κ1) is 35.1. The summed E-state index contributed by atoms with van der Waals surface area (Å²) >= 11 is 0. The largest absolute Gasteiger partial charge is 0.350 e. The fourth-order valence-corrected chi connectivity index (χ4v) is 11.4. The monoisotopic (exact) mass is 514 g/mol. The molecule has 204 valence electrons. The van der Waals surface area contributed by atoms with Crippen molar-refractivity contribution in [2.75, 3.05) is 56.4 Å². The van der Waals surface area contributed by atoms with Crippen molar-refractivity contribution in [2.24, 2.45) is 9.32 Å². The zero-order valence-electron chi connectivity index (χ0n) is 25.8. The molecule has 34 heavy (non-hydrogen) atoms. The molecule has 0 unspecified atom stereocenters. The van der Waals surface area contributed by atoms with Gasteiger partial charge in [-0.2, -0.15) is 0 Å². The lowest BCUT2D eigenvalue weighted by Crippen LogP contribution is -2.42. The van der Waals surface area contributed by atoms with Crippen molar-refractivity contribution in [3.63, 3.8) is 0 Å². The van der Waals surface area contributed by atoms with Gasteiger partial charge in [-0.25, -0.2) is 0 Å². The van der Waals surface area contributed by atoms with Gasteiger partial charge in [0.1, 0.15) is 0 Å². The van der Waals surface area contributed by atoms with Crippen LogP contribution in [0.3, 0.4) is 0 Å². The molecule has 0 amide bonds. The van der Waals surface area contributed by atoms with Crippen LogP contribution in [-0.4, -0.2) is 104 Å². The lowest BCUT2D eigenvalue weighted by molar-refractivity contribution is 0.485. The molecule has 0 bridgehead atoms. The Morgan fingerprint density at radius 1 is 0.500 bits per heavy atom. The number of hydrogen-bond donors (Lipinski definition) is 0. The topological polar surface area (TPSA) is 37.7 Å². The Bertz CT molecular complexity index is 535. The molecule has 0 aliphatic rings. The van der Waals surface area contributed by atoms with Gasteiger partial charge in [-0.1, -0.05) is 66.2 Å². The highest BCUT2D eigenvalue weighted by atomic mass is 28.3. The van der Waals surface area contributed by atoms with Crippen LogP contribution in [0.5, 0.6) is 0 Å². The van der Waals surface area contributed by atoms with Crippen molar-refractivity contribution in [3.8, 4) is 0 Å². The molecule has 0 aromatic heterocycles. The van der Waals surface area contributed by atoms with Crippen LogP contribution in [0.25, 0.3) is 0 Å². The quantitative estimate of drug-likeness (QED) is 0.129. The van der Waals surface area contributed by atoms with E-state index in [0.717, 1.165) is 11.9 Å². The van der Waals surface area contributed by atoms with Crippen LogP contribution in [0.4, 0.5) is 0 Å². The number of unbranched alkanes of at least 4 members (excludes halogenated alkanes) is 2. The summed E-state index contributed by atoms with van der Waals surface area (Å²) in [7, 11) is 13.8. The molecule has 0 heterocycles. The van der Waals surface area contributed by atoms with Crippen LogP contribution in [-0.2, 0) is 0 Å². The highest BCUT2D eigenvalue weighted by molar-refractivity contribution is 6.79. The van der Waals surface area contributed by atoms with Crippen LogP contribution < -0.4 is 0 Å². The zero-order chi connectivity index (χ0) is 26.9. The van der Waals surface area contributed by atoms with Gasteiger partial charge in [0.05, 0.1) is 0 Å². The molecule has 0 saturated heterocycles. The normalized spacial score (nSPS) is 11.2. The first-order valence-electron chi connectivity index (χ1n) is 13.6. The summed E-state index contributed by atoms with van der Waals surface area (Å²) in [5.74, 6) is 2.25. The van der Waals surface area contributed by atoms with Gasteiger partial charge >= 0.3 is 0 Å². The van der Waals surface area contributed by atoms with E-state index < -0.39 is 16.5 Å².